The number of carbonyl (C=O) groups excluding carboxylic acids is 1. The molecule has 0 unspecified atom stereocenters. The van der Waals surface area contributed by atoms with E-state index in [4.69, 9.17) is 4.74 Å². The molecule has 7 heteroatoms. The Morgan fingerprint density at radius 1 is 1.07 bits per heavy atom. The number of benzene rings is 1. The first-order valence-corrected chi connectivity index (χ1v) is 9.47. The summed E-state index contributed by atoms with van der Waals surface area (Å²) in [6.07, 6.45) is 5.15. The fourth-order valence-corrected chi connectivity index (χ4v) is 2.87. The monoisotopic (exact) mass is 369 g/mol. The molecule has 144 valence electrons. The van der Waals surface area contributed by atoms with Crippen LogP contribution in [0.25, 0.3) is 0 Å². The number of nitrogens with zero attached hydrogens (tertiary/aromatic N) is 3. The Labute approximate surface area is 160 Å². The molecule has 1 fully saturated rings. The van der Waals surface area contributed by atoms with E-state index in [9.17, 15) is 4.79 Å². The summed E-state index contributed by atoms with van der Waals surface area (Å²) in [6.45, 7) is 6.59. The van der Waals surface area contributed by atoms with E-state index in [1.807, 2.05) is 43.6 Å². The van der Waals surface area contributed by atoms with E-state index in [0.29, 0.717) is 13.0 Å². The standard InChI is InChI=1S/C20H27N5O2/c1-2-3-19(26)24-18-6-4-16(5-7-18)12-21-13-17-14-22-20(23-15-17)25-8-10-27-11-9-25/h4-7,14-15,21H,2-3,8-13H2,1H3,(H,24,26). The Kier molecular flexibility index (Phi) is 7.12. The lowest BCUT2D eigenvalue weighted by atomic mass is 10.2. The summed E-state index contributed by atoms with van der Waals surface area (Å²) >= 11 is 0. The van der Waals surface area contributed by atoms with Crippen molar-refractivity contribution in [1.82, 2.24) is 15.3 Å². The van der Waals surface area contributed by atoms with E-state index < -0.39 is 0 Å². The van der Waals surface area contributed by atoms with Crippen LogP contribution < -0.4 is 15.5 Å². The topological polar surface area (TPSA) is 79.4 Å². The van der Waals surface area contributed by atoms with Crippen molar-refractivity contribution in [2.45, 2.75) is 32.9 Å². The minimum atomic E-state index is 0.0592. The molecule has 1 saturated heterocycles. The molecule has 1 aromatic carbocycles. The second kappa shape index (κ2) is 9.99. The first kappa shape index (κ1) is 19.3. The van der Waals surface area contributed by atoms with Gasteiger partial charge in [-0.15, -0.1) is 0 Å². The quantitative estimate of drug-likeness (QED) is 0.744. The van der Waals surface area contributed by atoms with Crippen LogP contribution in [0, 0.1) is 0 Å². The minimum absolute atomic E-state index is 0.0592. The molecular formula is C20H27N5O2. The summed E-state index contributed by atoms with van der Waals surface area (Å²) in [4.78, 5) is 22.7. The van der Waals surface area contributed by atoms with Crippen LogP contribution in [0.15, 0.2) is 36.7 Å². The molecule has 0 spiro atoms. The van der Waals surface area contributed by atoms with Gasteiger partial charge in [0.25, 0.3) is 0 Å². The highest BCUT2D eigenvalue weighted by molar-refractivity contribution is 5.90. The van der Waals surface area contributed by atoms with Crippen molar-refractivity contribution in [3.8, 4) is 0 Å². The first-order chi connectivity index (χ1) is 13.2. The number of aromatic nitrogens is 2. The number of carbonyl (C=O) groups is 1. The van der Waals surface area contributed by atoms with E-state index in [2.05, 4.69) is 25.5 Å². The van der Waals surface area contributed by atoms with Crippen LogP contribution in [0.3, 0.4) is 0 Å². The van der Waals surface area contributed by atoms with Gasteiger partial charge in [-0.2, -0.15) is 0 Å². The molecule has 1 aromatic heterocycles. The minimum Gasteiger partial charge on any atom is -0.378 e. The van der Waals surface area contributed by atoms with Crippen molar-refractivity contribution in [2.24, 2.45) is 0 Å². The molecule has 0 atom stereocenters. The molecule has 7 nitrogen and oxygen atoms in total. The Balaban J connectivity index is 1.43. The van der Waals surface area contributed by atoms with Gasteiger partial charge in [0.1, 0.15) is 0 Å². The third-order valence-electron chi connectivity index (χ3n) is 4.36. The summed E-state index contributed by atoms with van der Waals surface area (Å²) < 4.78 is 5.35. The van der Waals surface area contributed by atoms with Crippen LogP contribution in [-0.4, -0.2) is 42.2 Å². The third kappa shape index (κ3) is 6.01. The molecular weight excluding hydrogens is 342 g/mol. The van der Waals surface area contributed by atoms with Gasteiger partial charge in [0.2, 0.25) is 11.9 Å². The Morgan fingerprint density at radius 3 is 2.41 bits per heavy atom. The van der Waals surface area contributed by atoms with Crippen LogP contribution >= 0.6 is 0 Å². The van der Waals surface area contributed by atoms with Crippen LogP contribution in [0.4, 0.5) is 11.6 Å². The van der Waals surface area contributed by atoms with Gasteiger partial charge in [-0.05, 0) is 24.1 Å². The molecule has 27 heavy (non-hydrogen) atoms. The van der Waals surface area contributed by atoms with Gasteiger partial charge in [-0.1, -0.05) is 19.1 Å². The van der Waals surface area contributed by atoms with Crippen molar-refractivity contribution in [2.75, 3.05) is 36.5 Å². The Morgan fingerprint density at radius 2 is 1.74 bits per heavy atom. The molecule has 0 radical (unpaired) electrons. The highest BCUT2D eigenvalue weighted by Gasteiger charge is 2.13. The zero-order valence-corrected chi connectivity index (χ0v) is 15.8. The molecule has 1 aliphatic heterocycles. The number of ether oxygens (including phenoxy) is 1. The fourth-order valence-electron chi connectivity index (χ4n) is 2.87. The van der Waals surface area contributed by atoms with Crippen LogP contribution in [0.1, 0.15) is 30.9 Å². The van der Waals surface area contributed by atoms with Crippen molar-refractivity contribution in [1.29, 1.82) is 0 Å². The Bertz CT molecular complexity index is 712. The zero-order valence-electron chi connectivity index (χ0n) is 15.8. The predicted molar refractivity (Wildman–Crippen MR) is 106 cm³/mol. The van der Waals surface area contributed by atoms with Crippen molar-refractivity contribution in [3.05, 3.63) is 47.8 Å². The number of nitrogens with one attached hydrogen (secondary N) is 2. The first-order valence-electron chi connectivity index (χ1n) is 9.47. The summed E-state index contributed by atoms with van der Waals surface area (Å²) in [5.41, 5.74) is 3.05. The summed E-state index contributed by atoms with van der Waals surface area (Å²) in [7, 11) is 0. The van der Waals surface area contributed by atoms with E-state index in [1.54, 1.807) is 0 Å². The van der Waals surface area contributed by atoms with Gasteiger partial charge in [-0.3, -0.25) is 4.79 Å². The molecule has 1 amide bonds. The van der Waals surface area contributed by atoms with Crippen LogP contribution in [-0.2, 0) is 22.6 Å². The number of rotatable bonds is 8. The van der Waals surface area contributed by atoms with E-state index in [1.165, 1.54) is 0 Å². The average Bonchev–Trinajstić information content (AvgIpc) is 2.71. The molecule has 3 rings (SSSR count). The molecule has 1 aliphatic rings. The second-order valence-electron chi connectivity index (χ2n) is 6.59. The number of anilines is 2. The van der Waals surface area contributed by atoms with E-state index in [0.717, 1.165) is 62.0 Å². The van der Waals surface area contributed by atoms with Crippen molar-refractivity contribution < 1.29 is 9.53 Å². The average molecular weight is 369 g/mol. The smallest absolute Gasteiger partial charge is 0.225 e. The van der Waals surface area contributed by atoms with Gasteiger partial charge in [0.05, 0.1) is 13.2 Å². The molecule has 2 N–H and O–H groups in total. The highest BCUT2D eigenvalue weighted by atomic mass is 16.5. The lowest BCUT2D eigenvalue weighted by Gasteiger charge is -2.26. The summed E-state index contributed by atoms with van der Waals surface area (Å²) in [6, 6.07) is 7.91. The fraction of sp³-hybridized carbons (Fsp3) is 0.450. The number of amides is 1. The van der Waals surface area contributed by atoms with E-state index in [-0.39, 0.29) is 5.91 Å². The van der Waals surface area contributed by atoms with Gasteiger partial charge in [0.15, 0.2) is 0 Å². The van der Waals surface area contributed by atoms with Gasteiger partial charge in [0, 0.05) is 56.2 Å². The van der Waals surface area contributed by atoms with Gasteiger partial charge < -0.3 is 20.3 Å². The second-order valence-corrected chi connectivity index (χ2v) is 6.59. The molecule has 0 bridgehead atoms. The zero-order chi connectivity index (χ0) is 18.9. The Hall–Kier alpha value is -2.51. The SMILES string of the molecule is CCCC(=O)Nc1ccc(CNCc2cnc(N3CCOCC3)nc2)cc1. The number of hydrogen-bond donors (Lipinski definition) is 2. The maximum atomic E-state index is 11.6. The van der Waals surface area contributed by atoms with Crippen molar-refractivity contribution >= 4 is 17.5 Å². The van der Waals surface area contributed by atoms with Gasteiger partial charge >= 0.3 is 0 Å². The summed E-state index contributed by atoms with van der Waals surface area (Å²) in [5, 5.41) is 6.29. The van der Waals surface area contributed by atoms with Crippen molar-refractivity contribution in [3.63, 3.8) is 0 Å². The maximum Gasteiger partial charge on any atom is 0.225 e. The predicted octanol–water partition coefficient (Wildman–Crippen LogP) is 2.34. The summed E-state index contributed by atoms with van der Waals surface area (Å²) in [5.74, 6) is 0.826. The van der Waals surface area contributed by atoms with Gasteiger partial charge in [-0.25, -0.2) is 9.97 Å². The normalized spacial score (nSPS) is 14.2. The molecule has 2 aromatic rings. The largest absolute Gasteiger partial charge is 0.378 e. The lowest BCUT2D eigenvalue weighted by Crippen LogP contribution is -2.37. The molecule has 2 heterocycles. The molecule has 0 saturated carbocycles. The van der Waals surface area contributed by atoms with Crippen LogP contribution in [0.5, 0.6) is 0 Å². The van der Waals surface area contributed by atoms with E-state index >= 15 is 0 Å². The molecule has 0 aliphatic carbocycles. The maximum absolute atomic E-state index is 11.6. The highest BCUT2D eigenvalue weighted by Crippen LogP contribution is 2.11. The van der Waals surface area contributed by atoms with Crippen LogP contribution in [0.2, 0.25) is 0 Å². The third-order valence-corrected chi connectivity index (χ3v) is 4.36. The number of hydrogen-bond acceptors (Lipinski definition) is 6. The number of morpholine rings is 1. The lowest BCUT2D eigenvalue weighted by molar-refractivity contribution is -0.116.